The van der Waals surface area contributed by atoms with Crippen LogP contribution < -0.4 is 71.6 Å². The number of amides is 7. The third-order valence-corrected chi connectivity index (χ3v) is 10.4. The number of nitrogens with zero attached hydrogens (tertiary/aromatic N) is 1. The smallest absolute Gasteiger partial charge is 0.326 e. The Morgan fingerprint density at radius 2 is 0.855 bits per heavy atom. The fourth-order valence-electron chi connectivity index (χ4n) is 6.61. The Kier molecular flexibility index (Phi) is 32.7. The summed E-state index contributed by atoms with van der Waals surface area (Å²) in [6, 6.07) is -9.61. The Labute approximate surface area is 401 Å². The number of hydrogen-bond donors (Lipinski definition) is 16. The maximum atomic E-state index is 14.0. The molecule has 0 rings (SSSR count). The lowest BCUT2D eigenvalue weighted by atomic mass is 10.0. The molecule has 69 heavy (non-hydrogen) atoms. The van der Waals surface area contributed by atoms with Gasteiger partial charge >= 0.3 is 17.9 Å². The van der Waals surface area contributed by atoms with Gasteiger partial charge in [0.15, 0.2) is 5.96 Å². The largest absolute Gasteiger partial charge is 0.481 e. The standard InChI is InChI=1S/C42H78N14O13/c1-24(2)22-31(51-32(57)23-50-35(62)25(46)10-3-6-18-43)40(67)53-27(12-5-8-20-45)37(64)54-28(14-16-33(58)59)38(65)52-26(11-4-7-19-44)36(63)55-29(15-17-34(60)61)39(66)56-30(41(68)69)13-9-21-49-42(47)48/h24-31H,3-23,43-46H2,1-2H3,(H,50,62)(H,51,57)(H,52,65)(H,53,67)(H,54,64)(H,55,63)(H,56,66)(H,58,59)(H,60,61)(H,68,69)(H4,47,48,49)/t25-,26-,27-,28-,29-,30-,31-/m0/s1. The summed E-state index contributed by atoms with van der Waals surface area (Å²) in [5.41, 5.74) is 33.3. The average Bonchev–Trinajstić information content (AvgIpc) is 3.27. The zero-order valence-electron chi connectivity index (χ0n) is 39.8. The number of aliphatic carboxylic acids is 3. The van der Waals surface area contributed by atoms with E-state index in [9.17, 15) is 63.3 Å². The van der Waals surface area contributed by atoms with Crippen LogP contribution in [0.3, 0.4) is 0 Å². The first-order valence-corrected chi connectivity index (χ1v) is 23.2. The van der Waals surface area contributed by atoms with Crippen molar-refractivity contribution < 1.29 is 63.3 Å². The quantitative estimate of drug-likeness (QED) is 0.0157. The SMILES string of the molecule is CC(C)C[C@H](NC(=O)CNC(=O)[C@@H](N)CCCCN)C(=O)N[C@@H](CCCCN)C(=O)N[C@@H](CCC(=O)O)C(=O)N[C@@H](CCCCN)C(=O)N[C@@H](CCC(=O)O)C(=O)N[C@@H](CCCN=C(N)N)C(=O)O. The molecule has 0 aromatic carbocycles. The summed E-state index contributed by atoms with van der Waals surface area (Å²) in [6.07, 6.45) is 0.681. The summed E-state index contributed by atoms with van der Waals surface area (Å²) in [6.45, 7) is 3.96. The minimum Gasteiger partial charge on any atom is -0.481 e. The number of carbonyl (C=O) groups excluding carboxylic acids is 7. The van der Waals surface area contributed by atoms with Crippen molar-refractivity contribution in [2.24, 2.45) is 45.3 Å². The van der Waals surface area contributed by atoms with Gasteiger partial charge in [-0.2, -0.15) is 0 Å². The summed E-state index contributed by atoms with van der Waals surface area (Å²) in [5.74, 6) is -10.6. The van der Waals surface area contributed by atoms with E-state index in [1.165, 1.54) is 0 Å². The molecule has 0 unspecified atom stereocenters. The van der Waals surface area contributed by atoms with Crippen LogP contribution in [0.5, 0.6) is 0 Å². The molecule has 7 atom stereocenters. The van der Waals surface area contributed by atoms with Crippen LogP contribution in [0.1, 0.15) is 117 Å². The van der Waals surface area contributed by atoms with Crippen molar-refractivity contribution in [3.63, 3.8) is 0 Å². The van der Waals surface area contributed by atoms with E-state index in [4.69, 9.17) is 34.4 Å². The number of rotatable bonds is 39. The fourth-order valence-corrected chi connectivity index (χ4v) is 6.61. The van der Waals surface area contributed by atoms with Crippen LogP contribution in [-0.4, -0.2) is 156 Å². The van der Waals surface area contributed by atoms with E-state index < -0.39 is 134 Å². The highest BCUT2D eigenvalue weighted by atomic mass is 16.4. The highest BCUT2D eigenvalue weighted by molar-refractivity contribution is 5.97. The molecule has 0 saturated carbocycles. The Bertz CT molecular complexity index is 1700. The van der Waals surface area contributed by atoms with Gasteiger partial charge in [0.1, 0.15) is 36.3 Å². The van der Waals surface area contributed by atoms with E-state index in [1.807, 2.05) is 0 Å². The molecular weight excluding hydrogens is 909 g/mol. The second-order valence-electron chi connectivity index (χ2n) is 16.9. The minimum absolute atomic E-state index is 0.00852. The topological polar surface area (TPSA) is 484 Å². The lowest BCUT2D eigenvalue weighted by Crippen LogP contribution is -2.59. The van der Waals surface area contributed by atoms with E-state index in [0.29, 0.717) is 45.1 Å². The van der Waals surface area contributed by atoms with Crippen LogP contribution in [0.25, 0.3) is 0 Å². The van der Waals surface area contributed by atoms with Crippen molar-refractivity contribution in [2.75, 3.05) is 32.7 Å². The monoisotopic (exact) mass is 987 g/mol. The van der Waals surface area contributed by atoms with Gasteiger partial charge in [0, 0.05) is 19.4 Å². The Balaban J connectivity index is 6.50. The molecule has 0 aliphatic rings. The van der Waals surface area contributed by atoms with E-state index >= 15 is 0 Å². The van der Waals surface area contributed by atoms with E-state index in [-0.39, 0.29) is 70.0 Å². The first-order valence-electron chi connectivity index (χ1n) is 23.2. The molecular formula is C42H78N14O13. The molecule has 7 amide bonds. The van der Waals surface area contributed by atoms with E-state index in [0.717, 1.165) is 0 Å². The minimum atomic E-state index is -1.62. The van der Waals surface area contributed by atoms with E-state index in [1.54, 1.807) is 13.8 Å². The molecule has 0 aromatic heterocycles. The zero-order chi connectivity index (χ0) is 52.5. The Morgan fingerprint density at radius 1 is 0.478 bits per heavy atom. The fraction of sp³-hybridized carbons (Fsp3) is 0.738. The van der Waals surface area contributed by atoms with Gasteiger partial charge in [-0.1, -0.05) is 20.3 Å². The molecule has 0 radical (unpaired) electrons. The van der Waals surface area contributed by atoms with Crippen molar-refractivity contribution >= 4 is 65.2 Å². The van der Waals surface area contributed by atoms with Gasteiger partial charge in [0.05, 0.1) is 12.6 Å². The first-order chi connectivity index (χ1) is 32.6. The lowest BCUT2D eigenvalue weighted by Gasteiger charge is -2.28. The average molecular weight is 987 g/mol. The summed E-state index contributed by atoms with van der Waals surface area (Å²) < 4.78 is 0. The summed E-state index contributed by atoms with van der Waals surface area (Å²) in [5, 5.41) is 45.9. The second kappa shape index (κ2) is 35.9. The first kappa shape index (κ1) is 62.8. The predicted octanol–water partition coefficient (Wildman–Crippen LogP) is -4.36. The van der Waals surface area contributed by atoms with Crippen LogP contribution >= 0.6 is 0 Å². The zero-order valence-corrected chi connectivity index (χ0v) is 39.8. The van der Waals surface area contributed by atoms with Gasteiger partial charge in [-0.25, -0.2) is 4.79 Å². The summed E-state index contributed by atoms with van der Waals surface area (Å²) >= 11 is 0. The van der Waals surface area contributed by atoms with Crippen LogP contribution in [0, 0.1) is 5.92 Å². The summed E-state index contributed by atoms with van der Waals surface area (Å²) in [4.78, 5) is 133. The number of nitrogens with one attached hydrogen (secondary N) is 7. The van der Waals surface area contributed by atoms with E-state index in [2.05, 4.69) is 42.2 Å². The maximum Gasteiger partial charge on any atom is 0.326 e. The molecule has 27 heteroatoms. The second-order valence-corrected chi connectivity index (χ2v) is 16.9. The van der Waals surface area contributed by atoms with Gasteiger partial charge in [-0.15, -0.1) is 0 Å². The number of aliphatic imine (C=N–C) groups is 1. The molecule has 0 aromatic rings. The van der Waals surface area contributed by atoms with Crippen LogP contribution in [-0.2, 0) is 47.9 Å². The molecule has 0 spiro atoms. The number of carbonyl (C=O) groups is 10. The Morgan fingerprint density at radius 3 is 1.23 bits per heavy atom. The molecule has 0 saturated heterocycles. The van der Waals surface area contributed by atoms with Crippen molar-refractivity contribution in [1.82, 2.24) is 37.2 Å². The van der Waals surface area contributed by atoms with Crippen molar-refractivity contribution in [2.45, 2.75) is 159 Å². The maximum absolute atomic E-state index is 14.0. The summed E-state index contributed by atoms with van der Waals surface area (Å²) in [7, 11) is 0. The third kappa shape index (κ3) is 29.3. The highest BCUT2D eigenvalue weighted by Crippen LogP contribution is 2.11. The third-order valence-electron chi connectivity index (χ3n) is 10.4. The number of nitrogens with two attached hydrogens (primary N) is 6. The van der Waals surface area contributed by atoms with Gasteiger partial charge < -0.3 is 86.9 Å². The lowest BCUT2D eigenvalue weighted by molar-refractivity contribution is -0.143. The number of carboxylic acid groups (broad SMARTS) is 3. The molecule has 0 aliphatic carbocycles. The molecule has 0 aliphatic heterocycles. The number of carboxylic acids is 3. The van der Waals surface area contributed by atoms with Gasteiger partial charge in [-0.3, -0.25) is 48.1 Å². The van der Waals surface area contributed by atoms with Crippen molar-refractivity contribution in [1.29, 1.82) is 0 Å². The molecule has 0 heterocycles. The number of hydrogen-bond acceptors (Lipinski definition) is 15. The molecule has 0 fully saturated rings. The molecule has 22 N–H and O–H groups in total. The van der Waals surface area contributed by atoms with Crippen LogP contribution in [0.2, 0.25) is 0 Å². The highest BCUT2D eigenvalue weighted by Gasteiger charge is 2.34. The normalized spacial score (nSPS) is 14.0. The van der Waals surface area contributed by atoms with Gasteiger partial charge in [0.25, 0.3) is 0 Å². The van der Waals surface area contributed by atoms with Crippen LogP contribution in [0.15, 0.2) is 4.99 Å². The van der Waals surface area contributed by atoms with Gasteiger partial charge in [-0.05, 0) is 109 Å². The van der Waals surface area contributed by atoms with Crippen molar-refractivity contribution in [3.8, 4) is 0 Å². The predicted molar refractivity (Wildman–Crippen MR) is 252 cm³/mol. The Hall–Kier alpha value is -6.19. The van der Waals surface area contributed by atoms with Crippen molar-refractivity contribution in [3.05, 3.63) is 0 Å². The van der Waals surface area contributed by atoms with Crippen LogP contribution in [0.4, 0.5) is 0 Å². The molecule has 27 nitrogen and oxygen atoms in total. The molecule has 0 bridgehead atoms. The van der Waals surface area contributed by atoms with Gasteiger partial charge in [0.2, 0.25) is 41.4 Å². The molecule has 394 valence electrons. The number of unbranched alkanes of at least 4 members (excludes halogenated alkanes) is 3. The number of guanidine groups is 1.